The van der Waals surface area contributed by atoms with Crippen molar-refractivity contribution in [1.29, 1.82) is 0 Å². The predicted octanol–water partition coefficient (Wildman–Crippen LogP) is 2.42. The number of benzene rings is 2. The van der Waals surface area contributed by atoms with Gasteiger partial charge in [-0.1, -0.05) is 97.5 Å². The SMILES string of the molecule is CC(C)C(CO)OC(CO)CO.CC(C)C(CO)P(C)C(CO)CO.CCC1c2ccccc2-c2ccccc21.O=C(N[C@H](CO)C(=O)NCCO)C1CCC1. The van der Waals surface area contributed by atoms with E-state index in [1.807, 2.05) is 20.5 Å². The second kappa shape index (κ2) is 28.8. The molecule has 0 bridgehead atoms. The molecule has 4 atom stereocenters. The van der Waals surface area contributed by atoms with Gasteiger partial charge in [0.1, 0.15) is 12.1 Å². The van der Waals surface area contributed by atoms with Crippen LogP contribution in [0.15, 0.2) is 48.5 Å². The van der Waals surface area contributed by atoms with Gasteiger partial charge in [0.2, 0.25) is 11.8 Å². The van der Waals surface area contributed by atoms with Gasteiger partial charge in [-0.25, -0.2) is 0 Å². The van der Waals surface area contributed by atoms with E-state index in [9.17, 15) is 9.59 Å². The van der Waals surface area contributed by atoms with Crippen LogP contribution in [0.1, 0.15) is 77.3 Å². The van der Waals surface area contributed by atoms with Crippen LogP contribution in [0.5, 0.6) is 0 Å². The molecule has 0 aliphatic heterocycles. The van der Waals surface area contributed by atoms with Crippen molar-refractivity contribution in [1.82, 2.24) is 10.6 Å². The molecule has 0 radical (unpaired) electrons. The lowest BCUT2D eigenvalue weighted by molar-refractivity contribution is -0.133. The van der Waals surface area contributed by atoms with Crippen molar-refractivity contribution < 1.29 is 55.2 Å². The summed E-state index contributed by atoms with van der Waals surface area (Å²) in [4.78, 5) is 22.9. The lowest BCUT2D eigenvalue weighted by Gasteiger charge is -2.30. The molecule has 2 aliphatic rings. The molecule has 3 unspecified atom stereocenters. The topological polar surface area (TPSA) is 229 Å². The van der Waals surface area contributed by atoms with Crippen molar-refractivity contribution >= 4 is 19.7 Å². The van der Waals surface area contributed by atoms with Gasteiger partial charge < -0.3 is 56.2 Å². The molecule has 0 saturated heterocycles. The molecule has 2 aromatic rings. The average molecular weight is 811 g/mol. The molecule has 13 nitrogen and oxygen atoms in total. The molecule has 1 fully saturated rings. The highest BCUT2D eigenvalue weighted by Gasteiger charge is 2.29. The first-order valence-corrected chi connectivity index (χ1v) is 21.8. The Morgan fingerprint density at radius 2 is 1.29 bits per heavy atom. The minimum absolute atomic E-state index is 0.0142. The average Bonchev–Trinajstić information content (AvgIpc) is 3.50. The number of carbonyl (C=O) groups is 2. The zero-order valence-corrected chi connectivity index (χ0v) is 35.2. The van der Waals surface area contributed by atoms with E-state index in [4.69, 9.17) is 45.6 Å². The van der Waals surface area contributed by atoms with Crippen molar-refractivity contribution in [2.24, 2.45) is 17.8 Å². The Bertz CT molecular complexity index is 1310. The Kier molecular flexibility index (Phi) is 26.5. The third kappa shape index (κ3) is 16.4. The monoisotopic (exact) mass is 810 g/mol. The van der Waals surface area contributed by atoms with E-state index in [1.165, 1.54) is 28.7 Å². The summed E-state index contributed by atoms with van der Waals surface area (Å²) in [7, 11) is -0.497. The van der Waals surface area contributed by atoms with Crippen LogP contribution in [0.25, 0.3) is 11.1 Å². The number of rotatable bonds is 19. The molecule has 2 aromatic carbocycles. The normalized spacial score (nSPS) is 15.5. The van der Waals surface area contributed by atoms with Crippen molar-refractivity contribution in [2.45, 2.75) is 95.8 Å². The van der Waals surface area contributed by atoms with E-state index >= 15 is 0 Å². The number of hydrogen-bond donors (Lipinski definition) is 10. The van der Waals surface area contributed by atoms with Gasteiger partial charge in [0.15, 0.2) is 0 Å². The van der Waals surface area contributed by atoms with Crippen LogP contribution in [0.4, 0.5) is 0 Å². The van der Waals surface area contributed by atoms with Gasteiger partial charge in [-0.05, 0) is 60.0 Å². The molecule has 2 aliphatic carbocycles. The quantitative estimate of drug-likeness (QED) is 0.0927. The van der Waals surface area contributed by atoms with Crippen LogP contribution >= 0.6 is 7.92 Å². The molecular formula is C42H71N2O11P. The second-order valence-corrected chi connectivity index (χ2v) is 17.5. The van der Waals surface area contributed by atoms with Crippen LogP contribution in [-0.2, 0) is 14.3 Å². The van der Waals surface area contributed by atoms with E-state index in [0.29, 0.717) is 11.8 Å². The zero-order valence-electron chi connectivity index (χ0n) is 34.3. The summed E-state index contributed by atoms with van der Waals surface area (Å²) in [6.07, 6.45) is 3.04. The van der Waals surface area contributed by atoms with Crippen molar-refractivity contribution in [3.8, 4) is 11.1 Å². The number of nitrogens with one attached hydrogen (secondary N) is 2. The van der Waals surface area contributed by atoms with Gasteiger partial charge in [-0.15, -0.1) is 0 Å². The maximum atomic E-state index is 11.5. The highest BCUT2D eigenvalue weighted by atomic mass is 31.1. The fourth-order valence-electron chi connectivity index (χ4n) is 6.35. The highest BCUT2D eigenvalue weighted by molar-refractivity contribution is 7.58. The third-order valence-corrected chi connectivity index (χ3v) is 13.5. The summed E-state index contributed by atoms with van der Waals surface area (Å²) >= 11 is 0. The molecule has 320 valence electrons. The Morgan fingerprint density at radius 3 is 1.64 bits per heavy atom. The third-order valence-electron chi connectivity index (χ3n) is 10.2. The number of aliphatic hydroxyl groups excluding tert-OH is 8. The smallest absolute Gasteiger partial charge is 0.245 e. The van der Waals surface area contributed by atoms with Crippen molar-refractivity contribution in [3.63, 3.8) is 0 Å². The predicted molar refractivity (Wildman–Crippen MR) is 222 cm³/mol. The van der Waals surface area contributed by atoms with Crippen LogP contribution < -0.4 is 10.6 Å². The van der Waals surface area contributed by atoms with E-state index in [2.05, 4.69) is 79.9 Å². The zero-order chi connectivity index (χ0) is 42.2. The summed E-state index contributed by atoms with van der Waals surface area (Å²) in [6, 6.07) is 16.7. The summed E-state index contributed by atoms with van der Waals surface area (Å²) in [5, 5.41) is 75.8. The maximum Gasteiger partial charge on any atom is 0.245 e. The number of hydrogen-bond acceptors (Lipinski definition) is 11. The number of fused-ring (bicyclic) bond motifs is 3. The second-order valence-electron chi connectivity index (χ2n) is 14.8. The molecule has 0 spiro atoms. The fraction of sp³-hybridized carbons (Fsp3) is 0.667. The van der Waals surface area contributed by atoms with Crippen LogP contribution in [0.2, 0.25) is 0 Å². The van der Waals surface area contributed by atoms with Crippen molar-refractivity contribution in [2.75, 3.05) is 66.1 Å². The minimum atomic E-state index is -0.917. The summed E-state index contributed by atoms with van der Waals surface area (Å²) in [6.45, 7) is 11.4. The lowest BCUT2D eigenvalue weighted by Crippen LogP contribution is -2.51. The molecule has 1 saturated carbocycles. The molecule has 4 rings (SSSR count). The van der Waals surface area contributed by atoms with E-state index < -0.39 is 32.6 Å². The molecule has 2 amide bonds. The summed E-state index contributed by atoms with van der Waals surface area (Å²) in [5.41, 5.74) is 6.04. The highest BCUT2D eigenvalue weighted by Crippen LogP contribution is 2.46. The molecule has 56 heavy (non-hydrogen) atoms. The van der Waals surface area contributed by atoms with Crippen LogP contribution in [-0.4, -0.2) is 148 Å². The fourth-order valence-corrected chi connectivity index (χ4v) is 8.61. The van der Waals surface area contributed by atoms with E-state index in [0.717, 1.165) is 19.3 Å². The summed E-state index contributed by atoms with van der Waals surface area (Å²) < 4.78 is 5.21. The Balaban J connectivity index is 0.000000376. The number of ether oxygens (including phenoxy) is 1. The van der Waals surface area contributed by atoms with Gasteiger partial charge in [0.05, 0.1) is 59.0 Å². The van der Waals surface area contributed by atoms with Crippen molar-refractivity contribution in [3.05, 3.63) is 59.7 Å². The van der Waals surface area contributed by atoms with Gasteiger partial charge in [-0.3, -0.25) is 9.59 Å². The molecule has 0 aromatic heterocycles. The Hall–Kier alpha value is -2.55. The first-order chi connectivity index (χ1) is 26.8. The molecular weight excluding hydrogens is 739 g/mol. The van der Waals surface area contributed by atoms with Gasteiger partial charge >= 0.3 is 0 Å². The molecule has 10 N–H and O–H groups in total. The van der Waals surface area contributed by atoms with Gasteiger partial charge in [0, 0.05) is 29.7 Å². The Labute approximate surface area is 335 Å². The maximum absolute atomic E-state index is 11.5. The number of carbonyl (C=O) groups excluding carboxylic acids is 2. The molecule has 0 heterocycles. The minimum Gasteiger partial charge on any atom is -0.396 e. The van der Waals surface area contributed by atoms with Crippen LogP contribution in [0.3, 0.4) is 0 Å². The first-order valence-electron chi connectivity index (χ1n) is 19.8. The standard InChI is InChI=1S/C15H14.C10H18N2O4.C9H21O3P.C8H18O4/c1-2-11-12-7-3-5-9-14(12)15-10-6-4-8-13(11)15;13-5-4-11-10(16)8(6-14)12-9(15)7-2-1-3-7;1-7(2)9(6-12)13(3)8(4-10)5-11;1-6(2)8(5-11)12-7(3-9)4-10/h3-11H,2H2,1H3;7-8,13-14H,1-6H2,(H,11,16)(H,12,15);7-12H,4-6H2,1-3H3;6-11H,3-5H2,1-2H3/t;8-;;/m.1../s1. The van der Waals surface area contributed by atoms with Gasteiger partial charge in [-0.2, -0.15) is 0 Å². The largest absolute Gasteiger partial charge is 0.396 e. The molecule has 14 heteroatoms. The number of aliphatic hydroxyl groups is 8. The Morgan fingerprint density at radius 1 is 0.750 bits per heavy atom. The number of amides is 2. The summed E-state index contributed by atoms with van der Waals surface area (Å²) in [5.74, 6) is 0.531. The van der Waals surface area contributed by atoms with Gasteiger partial charge in [0.25, 0.3) is 0 Å². The van der Waals surface area contributed by atoms with E-state index in [-0.39, 0.29) is 88.0 Å². The van der Waals surface area contributed by atoms with E-state index in [1.54, 1.807) is 0 Å². The lowest BCUT2D eigenvalue weighted by atomic mass is 9.84. The van der Waals surface area contributed by atoms with Crippen LogP contribution in [0, 0.1) is 17.8 Å². The first kappa shape index (κ1) is 51.5.